The lowest BCUT2D eigenvalue weighted by Gasteiger charge is -2.06. The Morgan fingerprint density at radius 2 is 2.36 bits per heavy atom. The number of ether oxygens (including phenoxy) is 1. The van der Waals surface area contributed by atoms with Gasteiger partial charge in [0.25, 0.3) is 5.92 Å². The predicted molar refractivity (Wildman–Crippen MR) is 47.5 cm³/mol. The van der Waals surface area contributed by atoms with Gasteiger partial charge in [0, 0.05) is 18.2 Å². The quantitative estimate of drug-likeness (QED) is 0.745. The number of halogens is 2. The molecule has 0 radical (unpaired) electrons. The van der Waals surface area contributed by atoms with Crippen LogP contribution < -0.4 is 4.74 Å². The van der Waals surface area contributed by atoms with Crippen LogP contribution in [0.1, 0.15) is 12.0 Å². The van der Waals surface area contributed by atoms with Gasteiger partial charge >= 0.3 is 0 Å². The molecule has 2 rings (SSSR count). The average Bonchev–Trinajstić information content (AvgIpc) is 2.73. The highest BCUT2D eigenvalue weighted by molar-refractivity contribution is 5.23. The number of pyridine rings is 1. The Morgan fingerprint density at radius 3 is 2.93 bits per heavy atom. The van der Waals surface area contributed by atoms with Crippen molar-refractivity contribution in [3.63, 3.8) is 0 Å². The second kappa shape index (κ2) is 3.19. The van der Waals surface area contributed by atoms with Gasteiger partial charge in [0.2, 0.25) is 5.88 Å². The van der Waals surface area contributed by atoms with E-state index in [0.29, 0.717) is 5.88 Å². The molecule has 14 heavy (non-hydrogen) atoms. The van der Waals surface area contributed by atoms with Crippen LogP contribution in [0, 0.1) is 12.8 Å². The standard InChI is InChI=1S/C10H11F2NO/c1-7-3-2-4-13-9(7)14-6-8-5-10(8,11)12/h2-4,8H,5-6H2,1H3/t8-/m1/s1. The molecule has 0 aromatic carbocycles. The first-order valence-electron chi connectivity index (χ1n) is 4.52. The van der Waals surface area contributed by atoms with Crippen molar-refractivity contribution in [1.29, 1.82) is 0 Å². The summed E-state index contributed by atoms with van der Waals surface area (Å²) in [5.74, 6) is -2.68. The summed E-state index contributed by atoms with van der Waals surface area (Å²) in [6.07, 6.45) is 1.53. The SMILES string of the molecule is Cc1cccnc1OC[C@H]1CC1(F)F. The maximum Gasteiger partial charge on any atom is 0.255 e. The van der Waals surface area contributed by atoms with Crippen LogP contribution in [-0.2, 0) is 0 Å². The van der Waals surface area contributed by atoms with Crippen LogP contribution in [-0.4, -0.2) is 17.5 Å². The van der Waals surface area contributed by atoms with Gasteiger partial charge in [0.15, 0.2) is 0 Å². The van der Waals surface area contributed by atoms with E-state index in [1.807, 2.05) is 13.0 Å². The van der Waals surface area contributed by atoms with E-state index < -0.39 is 11.8 Å². The summed E-state index contributed by atoms with van der Waals surface area (Å²) < 4.78 is 30.2. The van der Waals surface area contributed by atoms with Gasteiger partial charge in [-0.25, -0.2) is 13.8 Å². The zero-order chi connectivity index (χ0) is 10.2. The number of aromatic nitrogens is 1. The Morgan fingerprint density at radius 1 is 1.64 bits per heavy atom. The highest BCUT2D eigenvalue weighted by Gasteiger charge is 2.57. The van der Waals surface area contributed by atoms with Crippen LogP contribution in [0.15, 0.2) is 18.3 Å². The molecule has 1 heterocycles. The number of hydrogen-bond donors (Lipinski definition) is 0. The predicted octanol–water partition coefficient (Wildman–Crippen LogP) is 2.42. The van der Waals surface area contributed by atoms with Crippen molar-refractivity contribution in [3.8, 4) is 5.88 Å². The lowest BCUT2D eigenvalue weighted by Crippen LogP contribution is -2.07. The lowest BCUT2D eigenvalue weighted by molar-refractivity contribution is 0.0848. The highest BCUT2D eigenvalue weighted by atomic mass is 19.3. The first kappa shape index (κ1) is 9.37. The summed E-state index contributed by atoms with van der Waals surface area (Å²) in [7, 11) is 0. The van der Waals surface area contributed by atoms with Gasteiger partial charge in [0.1, 0.15) is 0 Å². The molecule has 1 aliphatic rings. The van der Waals surface area contributed by atoms with Crippen molar-refractivity contribution in [3.05, 3.63) is 23.9 Å². The van der Waals surface area contributed by atoms with E-state index in [9.17, 15) is 8.78 Å². The van der Waals surface area contributed by atoms with Crippen LogP contribution in [0.3, 0.4) is 0 Å². The third-order valence-electron chi connectivity index (χ3n) is 2.34. The van der Waals surface area contributed by atoms with Crippen molar-refractivity contribution >= 4 is 0 Å². The molecule has 1 fully saturated rings. The molecule has 0 bridgehead atoms. The van der Waals surface area contributed by atoms with E-state index >= 15 is 0 Å². The summed E-state index contributed by atoms with van der Waals surface area (Å²) in [6.45, 7) is 1.90. The van der Waals surface area contributed by atoms with Crippen molar-refractivity contribution in [1.82, 2.24) is 4.98 Å². The van der Waals surface area contributed by atoms with E-state index in [2.05, 4.69) is 4.98 Å². The first-order valence-corrected chi connectivity index (χ1v) is 4.52. The van der Waals surface area contributed by atoms with E-state index in [4.69, 9.17) is 4.74 Å². The van der Waals surface area contributed by atoms with E-state index in [-0.39, 0.29) is 13.0 Å². The third-order valence-corrected chi connectivity index (χ3v) is 2.34. The van der Waals surface area contributed by atoms with Gasteiger partial charge in [-0.05, 0) is 13.0 Å². The number of rotatable bonds is 3. The van der Waals surface area contributed by atoms with Gasteiger partial charge in [-0.3, -0.25) is 0 Å². The van der Waals surface area contributed by atoms with Crippen molar-refractivity contribution < 1.29 is 13.5 Å². The minimum atomic E-state index is -2.51. The van der Waals surface area contributed by atoms with Gasteiger partial charge < -0.3 is 4.74 Å². The topological polar surface area (TPSA) is 22.1 Å². The molecule has 0 N–H and O–H groups in total. The zero-order valence-electron chi connectivity index (χ0n) is 7.84. The van der Waals surface area contributed by atoms with Gasteiger partial charge in [0.05, 0.1) is 12.5 Å². The Labute approximate surface area is 80.9 Å². The molecule has 1 aromatic heterocycles. The summed E-state index contributed by atoms with van der Waals surface area (Å²) in [5.41, 5.74) is 0.872. The fourth-order valence-electron chi connectivity index (χ4n) is 1.25. The number of nitrogens with zero attached hydrogens (tertiary/aromatic N) is 1. The van der Waals surface area contributed by atoms with Crippen LogP contribution in [0.5, 0.6) is 5.88 Å². The second-order valence-electron chi connectivity index (χ2n) is 3.60. The van der Waals surface area contributed by atoms with E-state index in [1.165, 1.54) is 0 Å². The molecule has 76 valence electrons. The minimum Gasteiger partial charge on any atom is -0.477 e. The molecular weight excluding hydrogens is 188 g/mol. The van der Waals surface area contributed by atoms with Gasteiger partial charge in [-0.15, -0.1) is 0 Å². The lowest BCUT2D eigenvalue weighted by atomic mass is 10.3. The zero-order valence-corrected chi connectivity index (χ0v) is 7.84. The molecule has 0 saturated heterocycles. The molecule has 1 atom stereocenters. The summed E-state index contributed by atoms with van der Waals surface area (Å²) in [5, 5.41) is 0. The molecule has 1 aliphatic carbocycles. The molecule has 1 saturated carbocycles. The average molecular weight is 199 g/mol. The second-order valence-corrected chi connectivity index (χ2v) is 3.60. The van der Waals surface area contributed by atoms with Crippen molar-refractivity contribution in [2.24, 2.45) is 5.92 Å². The Balaban J connectivity index is 1.90. The Bertz CT molecular complexity index is 341. The van der Waals surface area contributed by atoms with Crippen LogP contribution in [0.2, 0.25) is 0 Å². The molecule has 0 spiro atoms. The molecule has 0 aliphatic heterocycles. The van der Waals surface area contributed by atoms with Gasteiger partial charge in [-0.1, -0.05) is 6.07 Å². The van der Waals surface area contributed by atoms with Crippen molar-refractivity contribution in [2.45, 2.75) is 19.3 Å². The normalized spacial score (nSPS) is 23.2. The Kier molecular flexibility index (Phi) is 2.13. The third kappa shape index (κ3) is 1.84. The van der Waals surface area contributed by atoms with Crippen LogP contribution in [0.25, 0.3) is 0 Å². The van der Waals surface area contributed by atoms with Crippen LogP contribution in [0.4, 0.5) is 8.78 Å². The largest absolute Gasteiger partial charge is 0.477 e. The summed E-state index contributed by atoms with van der Waals surface area (Å²) in [6, 6.07) is 3.63. The summed E-state index contributed by atoms with van der Waals surface area (Å²) >= 11 is 0. The summed E-state index contributed by atoms with van der Waals surface area (Å²) in [4.78, 5) is 3.96. The fourth-order valence-corrected chi connectivity index (χ4v) is 1.25. The van der Waals surface area contributed by atoms with Crippen molar-refractivity contribution in [2.75, 3.05) is 6.61 Å². The first-order chi connectivity index (χ1) is 6.59. The number of alkyl halides is 2. The molecule has 1 aromatic rings. The molecule has 0 amide bonds. The van der Waals surface area contributed by atoms with E-state index in [1.54, 1.807) is 12.3 Å². The maximum atomic E-state index is 12.5. The molecular formula is C10H11F2NO. The smallest absolute Gasteiger partial charge is 0.255 e. The molecule has 2 nitrogen and oxygen atoms in total. The minimum absolute atomic E-state index is 0.0567. The molecule has 0 unspecified atom stereocenters. The van der Waals surface area contributed by atoms with Crippen LogP contribution >= 0.6 is 0 Å². The Hall–Kier alpha value is -1.19. The maximum absolute atomic E-state index is 12.5. The monoisotopic (exact) mass is 199 g/mol. The number of hydrogen-bond acceptors (Lipinski definition) is 2. The number of aryl methyl sites for hydroxylation is 1. The van der Waals surface area contributed by atoms with Gasteiger partial charge in [-0.2, -0.15) is 0 Å². The van der Waals surface area contributed by atoms with E-state index in [0.717, 1.165) is 5.56 Å². The fraction of sp³-hybridized carbons (Fsp3) is 0.500. The highest BCUT2D eigenvalue weighted by Crippen LogP contribution is 2.48. The molecule has 4 heteroatoms.